The summed E-state index contributed by atoms with van der Waals surface area (Å²) in [6.45, 7) is 7.97. The van der Waals surface area contributed by atoms with Crippen LogP contribution in [-0.4, -0.2) is 48.9 Å². The van der Waals surface area contributed by atoms with E-state index in [0.717, 1.165) is 36.0 Å². The average molecular weight is 471 g/mol. The minimum absolute atomic E-state index is 0.0545. The standard InChI is InChI=1S/C27H30N6O2/c1-4-19-7-9-21(10-8-19)27(35)32-13-11-20(12-14-32)24-28-25-23(26(34)29-24)30-31-33(25)16-22-15-17(2)5-6-18(22)3/h5-10,15,20H,4,11-14,16H2,1-3H3,(H,28,29,34). The molecule has 8 nitrogen and oxygen atoms in total. The van der Waals surface area contributed by atoms with Crippen LogP contribution in [0, 0.1) is 13.8 Å². The smallest absolute Gasteiger partial charge is 0.281 e. The van der Waals surface area contributed by atoms with Crippen molar-refractivity contribution >= 4 is 17.1 Å². The van der Waals surface area contributed by atoms with Crippen LogP contribution in [0.2, 0.25) is 0 Å². The molecule has 8 heteroatoms. The number of hydrogen-bond donors (Lipinski definition) is 1. The number of amides is 1. The molecule has 0 aliphatic carbocycles. The lowest BCUT2D eigenvalue weighted by Crippen LogP contribution is -2.38. The Bertz CT molecular complexity index is 1430. The molecule has 180 valence electrons. The van der Waals surface area contributed by atoms with Gasteiger partial charge in [-0.3, -0.25) is 9.59 Å². The second kappa shape index (κ2) is 9.44. The molecule has 5 rings (SSSR count). The number of H-pyrrole nitrogens is 1. The molecule has 0 saturated carbocycles. The SMILES string of the molecule is CCc1ccc(C(=O)N2CCC(c3nc4c(nnn4Cc4cc(C)ccc4C)c(=O)[nH]3)CC2)cc1. The van der Waals surface area contributed by atoms with Crippen molar-refractivity contribution in [2.75, 3.05) is 13.1 Å². The largest absolute Gasteiger partial charge is 0.339 e. The molecule has 1 saturated heterocycles. The lowest BCUT2D eigenvalue weighted by molar-refractivity contribution is 0.0711. The zero-order valence-electron chi connectivity index (χ0n) is 20.4. The van der Waals surface area contributed by atoms with Crippen LogP contribution in [0.4, 0.5) is 0 Å². The fraction of sp³-hybridized carbons (Fsp3) is 0.370. The third-order valence-electron chi connectivity index (χ3n) is 6.99. The van der Waals surface area contributed by atoms with Gasteiger partial charge in [0.15, 0.2) is 11.2 Å². The second-order valence-corrected chi connectivity index (χ2v) is 9.42. The maximum Gasteiger partial charge on any atom is 0.281 e. The van der Waals surface area contributed by atoms with Crippen molar-refractivity contribution in [1.29, 1.82) is 0 Å². The third kappa shape index (κ3) is 4.60. The van der Waals surface area contributed by atoms with Gasteiger partial charge in [-0.1, -0.05) is 48.0 Å². The van der Waals surface area contributed by atoms with Crippen molar-refractivity contribution in [2.45, 2.75) is 52.5 Å². The minimum atomic E-state index is -0.272. The Morgan fingerprint density at radius 2 is 1.83 bits per heavy atom. The second-order valence-electron chi connectivity index (χ2n) is 9.42. The third-order valence-corrected chi connectivity index (χ3v) is 6.99. The zero-order valence-corrected chi connectivity index (χ0v) is 20.4. The van der Waals surface area contributed by atoms with E-state index in [9.17, 15) is 9.59 Å². The highest BCUT2D eigenvalue weighted by Crippen LogP contribution is 2.27. The summed E-state index contributed by atoms with van der Waals surface area (Å²) in [5, 5.41) is 8.31. The van der Waals surface area contributed by atoms with Crippen LogP contribution < -0.4 is 5.56 Å². The normalized spacial score (nSPS) is 14.5. The van der Waals surface area contributed by atoms with Crippen molar-refractivity contribution in [2.24, 2.45) is 0 Å². The Labute approximate surface area is 204 Å². The summed E-state index contributed by atoms with van der Waals surface area (Å²) in [7, 11) is 0. The van der Waals surface area contributed by atoms with Crippen molar-refractivity contribution in [3.05, 3.63) is 86.5 Å². The fourth-order valence-corrected chi connectivity index (χ4v) is 4.74. The van der Waals surface area contributed by atoms with E-state index in [1.54, 1.807) is 4.68 Å². The lowest BCUT2D eigenvalue weighted by atomic mass is 9.95. The maximum atomic E-state index is 12.9. The van der Waals surface area contributed by atoms with E-state index in [-0.39, 0.29) is 22.9 Å². The number of carbonyl (C=O) groups is 1. The molecule has 1 amide bonds. The summed E-state index contributed by atoms with van der Waals surface area (Å²) in [4.78, 5) is 35.3. The number of fused-ring (bicyclic) bond motifs is 1. The molecule has 1 fully saturated rings. The summed E-state index contributed by atoms with van der Waals surface area (Å²) in [6.07, 6.45) is 2.44. The van der Waals surface area contributed by atoms with Crippen LogP contribution >= 0.6 is 0 Å². The molecular formula is C27H30N6O2. The number of carbonyl (C=O) groups excluding carboxylic acids is 1. The predicted octanol–water partition coefficient (Wildman–Crippen LogP) is 3.76. The highest BCUT2D eigenvalue weighted by atomic mass is 16.2. The molecule has 0 atom stereocenters. The van der Waals surface area contributed by atoms with Crippen molar-refractivity contribution in [1.82, 2.24) is 29.9 Å². The highest BCUT2D eigenvalue weighted by molar-refractivity contribution is 5.94. The van der Waals surface area contributed by atoms with E-state index in [4.69, 9.17) is 4.98 Å². The van der Waals surface area contributed by atoms with Gasteiger partial charge in [-0.25, -0.2) is 9.67 Å². The van der Waals surface area contributed by atoms with Crippen LogP contribution in [0.3, 0.4) is 0 Å². The summed E-state index contributed by atoms with van der Waals surface area (Å²) in [6, 6.07) is 14.1. The molecule has 2 aromatic carbocycles. The Morgan fingerprint density at radius 1 is 1.09 bits per heavy atom. The molecule has 0 unspecified atom stereocenters. The number of rotatable bonds is 5. The molecule has 1 aliphatic heterocycles. The van der Waals surface area contributed by atoms with E-state index in [0.29, 0.717) is 31.1 Å². The van der Waals surface area contributed by atoms with Crippen molar-refractivity contribution in [3.63, 3.8) is 0 Å². The predicted molar refractivity (Wildman–Crippen MR) is 135 cm³/mol. The van der Waals surface area contributed by atoms with Gasteiger partial charge in [-0.15, -0.1) is 5.10 Å². The van der Waals surface area contributed by atoms with Crippen molar-refractivity contribution in [3.8, 4) is 0 Å². The van der Waals surface area contributed by atoms with E-state index >= 15 is 0 Å². The van der Waals surface area contributed by atoms with Crippen LogP contribution in [0.25, 0.3) is 11.2 Å². The van der Waals surface area contributed by atoms with Crippen LogP contribution in [0.15, 0.2) is 47.3 Å². The maximum absolute atomic E-state index is 12.9. The van der Waals surface area contributed by atoms with Gasteiger partial charge in [0.05, 0.1) is 6.54 Å². The molecule has 3 heterocycles. The molecule has 0 bridgehead atoms. The molecule has 1 aliphatic rings. The van der Waals surface area contributed by atoms with Gasteiger partial charge in [0.1, 0.15) is 5.82 Å². The molecule has 4 aromatic rings. The first-order chi connectivity index (χ1) is 16.9. The average Bonchev–Trinajstić information content (AvgIpc) is 3.29. The summed E-state index contributed by atoms with van der Waals surface area (Å²) < 4.78 is 1.70. The van der Waals surface area contributed by atoms with Gasteiger partial charge in [-0.05, 0) is 61.9 Å². The van der Waals surface area contributed by atoms with Crippen molar-refractivity contribution < 1.29 is 4.79 Å². The number of likely N-dealkylation sites (tertiary alicyclic amines) is 1. The fourth-order valence-electron chi connectivity index (χ4n) is 4.74. The van der Waals surface area contributed by atoms with Gasteiger partial charge in [0, 0.05) is 24.6 Å². The van der Waals surface area contributed by atoms with Gasteiger partial charge in [0.25, 0.3) is 11.5 Å². The number of nitrogens with one attached hydrogen (secondary N) is 1. The van der Waals surface area contributed by atoms with Crippen LogP contribution in [0.5, 0.6) is 0 Å². The quantitative estimate of drug-likeness (QED) is 0.479. The summed E-state index contributed by atoms with van der Waals surface area (Å²) in [5.74, 6) is 0.771. The van der Waals surface area contributed by atoms with Gasteiger partial charge in [0.2, 0.25) is 0 Å². The van der Waals surface area contributed by atoms with Gasteiger partial charge < -0.3 is 9.88 Å². The van der Waals surface area contributed by atoms with Crippen LogP contribution in [0.1, 0.15) is 64.1 Å². The van der Waals surface area contributed by atoms with E-state index in [2.05, 4.69) is 54.3 Å². The molecule has 35 heavy (non-hydrogen) atoms. The number of aromatic nitrogens is 5. The number of piperidine rings is 1. The van der Waals surface area contributed by atoms with E-state index in [1.807, 2.05) is 29.2 Å². The Kier molecular flexibility index (Phi) is 6.19. The zero-order chi connectivity index (χ0) is 24.5. The Morgan fingerprint density at radius 3 is 2.54 bits per heavy atom. The Balaban J connectivity index is 1.34. The molecule has 0 radical (unpaired) electrons. The molecule has 0 spiro atoms. The number of aromatic amines is 1. The minimum Gasteiger partial charge on any atom is -0.339 e. The number of benzene rings is 2. The molecule has 2 aromatic heterocycles. The van der Waals surface area contributed by atoms with E-state index < -0.39 is 0 Å². The van der Waals surface area contributed by atoms with Crippen LogP contribution in [-0.2, 0) is 13.0 Å². The van der Waals surface area contributed by atoms with Gasteiger partial charge in [-0.2, -0.15) is 0 Å². The van der Waals surface area contributed by atoms with E-state index in [1.165, 1.54) is 11.1 Å². The Hall–Kier alpha value is -3.81. The molecule has 1 N–H and O–H groups in total. The first-order valence-electron chi connectivity index (χ1n) is 12.2. The van der Waals surface area contributed by atoms with Gasteiger partial charge >= 0.3 is 0 Å². The number of hydrogen-bond acceptors (Lipinski definition) is 5. The topological polar surface area (TPSA) is 96.8 Å². The molecular weight excluding hydrogens is 440 g/mol. The highest BCUT2D eigenvalue weighted by Gasteiger charge is 2.27. The summed E-state index contributed by atoms with van der Waals surface area (Å²) >= 11 is 0. The summed E-state index contributed by atoms with van der Waals surface area (Å²) in [5.41, 5.74) is 5.87. The number of aryl methyl sites for hydroxylation is 3. The number of nitrogens with zero attached hydrogens (tertiary/aromatic N) is 5. The monoisotopic (exact) mass is 470 g/mol. The lowest BCUT2D eigenvalue weighted by Gasteiger charge is -2.31. The first kappa shape index (κ1) is 23.0. The first-order valence-corrected chi connectivity index (χ1v) is 12.2.